The maximum Gasteiger partial charge on any atom is 0.246 e. The van der Waals surface area contributed by atoms with Crippen molar-refractivity contribution in [1.29, 1.82) is 0 Å². The second-order valence-electron chi connectivity index (χ2n) is 10.6. The normalized spacial score (nSPS) is 19.7. The maximum atomic E-state index is 15.6. The van der Waals surface area contributed by atoms with E-state index in [2.05, 4.69) is 31.8 Å². The van der Waals surface area contributed by atoms with Crippen molar-refractivity contribution < 1.29 is 13.9 Å². The van der Waals surface area contributed by atoms with Crippen molar-refractivity contribution in [3.63, 3.8) is 0 Å². The van der Waals surface area contributed by atoms with Crippen molar-refractivity contribution in [2.75, 3.05) is 5.32 Å². The monoisotopic (exact) mass is 550 g/mol. The zero-order chi connectivity index (χ0) is 28.2. The molecule has 4 aromatic heterocycles. The molecule has 0 saturated carbocycles. The zero-order valence-corrected chi connectivity index (χ0v) is 22.6. The third-order valence-corrected chi connectivity index (χ3v) is 8.19. The minimum absolute atomic E-state index is 0.0294. The first-order valence-electron chi connectivity index (χ1n) is 13.5. The van der Waals surface area contributed by atoms with Gasteiger partial charge in [0.2, 0.25) is 5.91 Å². The molecule has 7 rings (SSSR count). The minimum Gasteiger partial charge on any atom is -0.455 e. The first-order valence-corrected chi connectivity index (χ1v) is 13.5. The van der Waals surface area contributed by atoms with Gasteiger partial charge >= 0.3 is 0 Å². The molecule has 2 aliphatic heterocycles. The Kier molecular flexibility index (Phi) is 5.88. The lowest BCUT2D eigenvalue weighted by molar-refractivity contribution is -0.127. The van der Waals surface area contributed by atoms with Crippen LogP contribution in [0.1, 0.15) is 36.4 Å². The number of amides is 1. The Morgan fingerprint density at radius 3 is 2.88 bits per heavy atom. The summed E-state index contributed by atoms with van der Waals surface area (Å²) >= 11 is 0. The summed E-state index contributed by atoms with van der Waals surface area (Å²) in [5.41, 5.74) is 4.05. The third-order valence-electron chi connectivity index (χ3n) is 8.19. The Balaban J connectivity index is 1.17. The molecule has 0 unspecified atom stereocenters. The second-order valence-corrected chi connectivity index (χ2v) is 10.6. The quantitative estimate of drug-likeness (QED) is 0.283. The van der Waals surface area contributed by atoms with E-state index >= 15 is 4.39 Å². The smallest absolute Gasteiger partial charge is 0.246 e. The highest BCUT2D eigenvalue weighted by atomic mass is 19.1. The van der Waals surface area contributed by atoms with Crippen LogP contribution in [-0.2, 0) is 11.8 Å². The van der Waals surface area contributed by atoms with Crippen LogP contribution in [-0.4, -0.2) is 52.4 Å². The van der Waals surface area contributed by atoms with Gasteiger partial charge in [0, 0.05) is 42.4 Å². The van der Waals surface area contributed by atoms with E-state index in [1.165, 1.54) is 12.4 Å². The van der Waals surface area contributed by atoms with Gasteiger partial charge in [-0.1, -0.05) is 6.58 Å². The summed E-state index contributed by atoms with van der Waals surface area (Å²) in [5, 5.41) is 3.11. The summed E-state index contributed by atoms with van der Waals surface area (Å²) in [5.74, 6) is 0.850. The molecule has 3 atom stereocenters. The van der Waals surface area contributed by atoms with Crippen LogP contribution in [0.25, 0.3) is 22.2 Å². The number of benzene rings is 1. The molecule has 2 saturated heterocycles. The van der Waals surface area contributed by atoms with Gasteiger partial charge in [-0.15, -0.1) is 0 Å². The van der Waals surface area contributed by atoms with E-state index < -0.39 is 5.82 Å². The van der Waals surface area contributed by atoms with Crippen LogP contribution in [0.3, 0.4) is 0 Å². The van der Waals surface area contributed by atoms with E-state index in [4.69, 9.17) is 9.72 Å². The van der Waals surface area contributed by atoms with Gasteiger partial charge in [0.05, 0.1) is 23.7 Å². The van der Waals surface area contributed by atoms with Gasteiger partial charge in [0.15, 0.2) is 17.3 Å². The van der Waals surface area contributed by atoms with Crippen LogP contribution in [0.2, 0.25) is 0 Å². The molecule has 6 heterocycles. The molecule has 2 fully saturated rings. The van der Waals surface area contributed by atoms with Gasteiger partial charge in [-0.3, -0.25) is 4.79 Å². The molecule has 0 spiro atoms. The molecule has 41 heavy (non-hydrogen) atoms. The lowest BCUT2D eigenvalue weighted by atomic mass is 9.86. The number of carbonyl (C=O) groups is 1. The molecule has 11 heteroatoms. The number of fused-ring (bicyclic) bond motifs is 4. The first-order chi connectivity index (χ1) is 19.9. The topological polar surface area (TPSA) is 111 Å². The van der Waals surface area contributed by atoms with Crippen molar-refractivity contribution in [3.05, 3.63) is 78.9 Å². The lowest BCUT2D eigenvalue weighted by Crippen LogP contribution is -2.34. The number of carbonyl (C=O) groups excluding carboxylic acids is 1. The molecule has 0 aliphatic carbocycles. The number of pyridine rings is 2. The fourth-order valence-electron chi connectivity index (χ4n) is 6.19. The molecule has 2 aliphatic rings. The van der Waals surface area contributed by atoms with Gasteiger partial charge in [0.1, 0.15) is 28.9 Å². The molecule has 2 bridgehead atoms. The number of aryl methyl sites for hydroxylation is 1. The summed E-state index contributed by atoms with van der Waals surface area (Å²) in [6.45, 7) is 5.32. The van der Waals surface area contributed by atoms with Crippen LogP contribution in [0.4, 0.5) is 15.9 Å². The highest BCUT2D eigenvalue weighted by Crippen LogP contribution is 2.46. The van der Waals surface area contributed by atoms with Gasteiger partial charge in [-0.25, -0.2) is 29.3 Å². The Hall–Kier alpha value is -4.93. The summed E-state index contributed by atoms with van der Waals surface area (Å²) < 4.78 is 23.4. The molecule has 1 N–H and O–H groups in total. The molecule has 206 valence electrons. The number of aromatic nitrogens is 6. The molecule has 1 amide bonds. The van der Waals surface area contributed by atoms with E-state index in [9.17, 15) is 4.79 Å². The predicted octanol–water partition coefficient (Wildman–Crippen LogP) is 5.32. The molecule has 5 aromatic rings. The van der Waals surface area contributed by atoms with Crippen LogP contribution in [0.5, 0.6) is 11.5 Å². The van der Waals surface area contributed by atoms with Crippen LogP contribution in [0, 0.1) is 12.7 Å². The molecule has 0 radical (unpaired) electrons. The number of nitrogens with zero attached hydrogens (tertiary/aromatic N) is 7. The van der Waals surface area contributed by atoms with E-state index in [-0.39, 0.29) is 29.6 Å². The second kappa shape index (κ2) is 9.61. The average Bonchev–Trinajstić information content (AvgIpc) is 3.69. The van der Waals surface area contributed by atoms with Gasteiger partial charge in [-0.05, 0) is 56.5 Å². The fourth-order valence-corrected chi connectivity index (χ4v) is 6.19. The van der Waals surface area contributed by atoms with Crippen molar-refractivity contribution >= 4 is 39.6 Å². The number of ether oxygens (including phenoxy) is 1. The van der Waals surface area contributed by atoms with E-state index in [0.29, 0.717) is 39.4 Å². The van der Waals surface area contributed by atoms with E-state index in [0.717, 1.165) is 30.6 Å². The number of hydrogen-bond donors (Lipinski definition) is 1. The highest BCUT2D eigenvalue weighted by molar-refractivity contribution is 5.89. The Labute approximate surface area is 234 Å². The Bertz CT molecular complexity index is 1850. The van der Waals surface area contributed by atoms with E-state index in [1.54, 1.807) is 37.6 Å². The number of rotatable bonds is 6. The number of anilines is 2. The molecule has 1 aromatic carbocycles. The lowest BCUT2D eigenvalue weighted by Gasteiger charge is -2.23. The average molecular weight is 551 g/mol. The maximum absolute atomic E-state index is 15.6. The Morgan fingerprint density at radius 1 is 1.15 bits per heavy atom. The SMILES string of the molecule is C=CC(=O)N1[C@@H]2CC[C@@H]1[C@H](c1ccc3ncnc(Nc4ccc(Oc5cnc6c(c5)ncn6C)c(C)c4F)c3n1)C2. The number of nitrogens with one attached hydrogen (secondary N) is 1. The van der Waals surface area contributed by atoms with Gasteiger partial charge < -0.3 is 19.5 Å². The van der Waals surface area contributed by atoms with Gasteiger partial charge in [0.25, 0.3) is 0 Å². The largest absolute Gasteiger partial charge is 0.455 e. The minimum atomic E-state index is -0.469. The standard InChI is InChI=1S/C30H27FN8O2/c1-4-26(40)39-17-5-9-24(39)19(11-17)20-6-7-22-28(36-20)29(34-14-33-22)37-21-8-10-25(16(2)27(21)31)41-18-12-23-30(32-13-18)38(3)15-35-23/h4,6-8,10,12-15,17,19,24H,1,5,9,11H2,2-3H3,(H,33,34,37)/t17-,19+,24-/m1/s1. The number of hydrogen-bond acceptors (Lipinski definition) is 8. The van der Waals surface area contributed by atoms with Crippen molar-refractivity contribution in [2.24, 2.45) is 7.05 Å². The van der Waals surface area contributed by atoms with Crippen LogP contribution < -0.4 is 10.1 Å². The summed E-state index contributed by atoms with van der Waals surface area (Å²) in [4.78, 5) is 36.8. The molecular formula is C30H27FN8O2. The number of imidazole rings is 1. The van der Waals surface area contributed by atoms with Crippen molar-refractivity contribution in [1.82, 2.24) is 34.4 Å². The predicted molar refractivity (Wildman–Crippen MR) is 152 cm³/mol. The highest BCUT2D eigenvalue weighted by Gasteiger charge is 2.48. The Morgan fingerprint density at radius 2 is 2.02 bits per heavy atom. The molecular weight excluding hydrogens is 523 g/mol. The van der Waals surface area contributed by atoms with Crippen molar-refractivity contribution in [3.8, 4) is 11.5 Å². The zero-order valence-electron chi connectivity index (χ0n) is 22.6. The van der Waals surface area contributed by atoms with Gasteiger partial charge in [-0.2, -0.15) is 0 Å². The number of halogens is 1. The van der Waals surface area contributed by atoms with Crippen molar-refractivity contribution in [2.45, 2.75) is 44.2 Å². The third kappa shape index (κ3) is 4.16. The summed E-state index contributed by atoms with van der Waals surface area (Å²) in [6, 6.07) is 9.25. The van der Waals surface area contributed by atoms with E-state index in [1.807, 2.05) is 28.6 Å². The summed E-state index contributed by atoms with van der Waals surface area (Å²) in [7, 11) is 1.86. The van der Waals surface area contributed by atoms with Crippen LogP contribution in [0.15, 0.2) is 61.8 Å². The van der Waals surface area contributed by atoms with Crippen LogP contribution >= 0.6 is 0 Å². The fraction of sp³-hybridized carbons (Fsp3) is 0.267. The summed E-state index contributed by atoms with van der Waals surface area (Å²) in [6.07, 6.45) is 8.88. The first kappa shape index (κ1) is 25.1. The molecule has 10 nitrogen and oxygen atoms in total.